The van der Waals surface area contributed by atoms with Crippen LogP contribution >= 0.6 is 11.6 Å². The molecule has 2 aliphatic rings. The van der Waals surface area contributed by atoms with Gasteiger partial charge in [-0.15, -0.1) is 3.71 Å². The first-order valence-corrected chi connectivity index (χ1v) is 16.5. The number of carbonyl (C=O) groups excluding carboxylic acids is 2. The highest BCUT2D eigenvalue weighted by molar-refractivity contribution is 8.04. The first-order valence-electron chi connectivity index (χ1n) is 12.4. The summed E-state index contributed by atoms with van der Waals surface area (Å²) in [6.07, 6.45) is 5.78. The van der Waals surface area contributed by atoms with E-state index in [9.17, 15) is 30.8 Å². The molecule has 2 atom stereocenters. The van der Waals surface area contributed by atoms with E-state index >= 15 is 0 Å². The molecule has 10 nitrogen and oxygen atoms in total. The topological polar surface area (TPSA) is 124 Å². The van der Waals surface area contributed by atoms with Crippen LogP contribution < -0.4 is 5.32 Å². The van der Waals surface area contributed by atoms with Gasteiger partial charge < -0.3 is 10.2 Å². The maximum atomic E-state index is 13.3. The first kappa shape index (κ1) is 30.0. The monoisotopic (exact) mass is 612 g/mol. The third kappa shape index (κ3) is 6.82. The normalized spacial score (nSPS) is 19.7. The minimum atomic E-state index is -4.44. The maximum absolute atomic E-state index is 13.3. The molecule has 216 valence electrons. The van der Waals surface area contributed by atoms with Gasteiger partial charge in [0.1, 0.15) is 5.82 Å². The molecule has 0 aliphatic carbocycles. The Bertz CT molecular complexity index is 1520. The minimum Gasteiger partial charge on any atom is -0.331 e. The summed E-state index contributed by atoms with van der Waals surface area (Å²) < 4.78 is 61.0. The van der Waals surface area contributed by atoms with Gasteiger partial charge in [0.2, 0.25) is 26.0 Å². The molecule has 2 bridgehead atoms. The number of anilines is 1. The lowest BCUT2D eigenvalue weighted by Gasteiger charge is -2.40. The van der Waals surface area contributed by atoms with Gasteiger partial charge in [-0.05, 0) is 66.8 Å². The number of hydrogen-bond donors (Lipinski definition) is 1. The van der Waals surface area contributed by atoms with E-state index in [1.807, 2.05) is 4.90 Å². The molecule has 2 heterocycles. The fraction of sp³-hybridized carbons (Fsp3) is 0.385. The fourth-order valence-corrected chi connectivity index (χ4v) is 8.06. The molecule has 1 N–H and O–H groups in total. The van der Waals surface area contributed by atoms with Crippen LogP contribution in [0.5, 0.6) is 0 Å². The Labute approximate surface area is 238 Å². The molecular formula is C26H30ClFN4O6S2. The molecule has 0 radical (unpaired) electrons. The highest BCUT2D eigenvalue weighted by Crippen LogP contribution is 2.32. The Morgan fingerprint density at radius 1 is 1.05 bits per heavy atom. The van der Waals surface area contributed by atoms with E-state index in [0.717, 1.165) is 18.4 Å². The number of amides is 3. The quantitative estimate of drug-likeness (QED) is 0.475. The second-order valence-corrected chi connectivity index (χ2v) is 14.4. The van der Waals surface area contributed by atoms with Crippen molar-refractivity contribution in [3.05, 3.63) is 70.0 Å². The summed E-state index contributed by atoms with van der Waals surface area (Å²) in [5, 5.41) is 2.54. The van der Waals surface area contributed by atoms with Gasteiger partial charge in [-0.3, -0.25) is 9.69 Å². The van der Waals surface area contributed by atoms with E-state index in [1.54, 1.807) is 25.1 Å². The second-order valence-electron chi connectivity index (χ2n) is 10.1. The molecule has 2 unspecified atom stereocenters. The summed E-state index contributed by atoms with van der Waals surface area (Å²) in [5.74, 6) is -0.500. The van der Waals surface area contributed by atoms with Gasteiger partial charge in [0, 0.05) is 42.8 Å². The Balaban J connectivity index is 1.51. The predicted octanol–water partition coefficient (Wildman–Crippen LogP) is 3.43. The minimum absolute atomic E-state index is 0.0144. The third-order valence-corrected chi connectivity index (χ3v) is 10.4. The van der Waals surface area contributed by atoms with E-state index in [0.29, 0.717) is 43.3 Å². The molecule has 2 saturated heterocycles. The zero-order valence-electron chi connectivity index (χ0n) is 22.2. The van der Waals surface area contributed by atoms with Crippen molar-refractivity contribution in [1.29, 1.82) is 0 Å². The number of piperazine rings is 1. The Hall–Kier alpha value is -3.00. The van der Waals surface area contributed by atoms with Gasteiger partial charge in [0.25, 0.3) is 0 Å². The lowest BCUT2D eigenvalue weighted by Crippen LogP contribution is -2.55. The van der Waals surface area contributed by atoms with Crippen LogP contribution in [0.1, 0.15) is 29.5 Å². The molecule has 4 rings (SSSR count). The largest absolute Gasteiger partial charge is 0.349 e. The summed E-state index contributed by atoms with van der Waals surface area (Å²) >= 11 is 6.22. The van der Waals surface area contributed by atoms with Crippen LogP contribution in [0.4, 0.5) is 14.9 Å². The summed E-state index contributed by atoms with van der Waals surface area (Å²) in [6, 6.07) is 7.97. The van der Waals surface area contributed by atoms with Crippen LogP contribution in [-0.4, -0.2) is 80.0 Å². The highest BCUT2D eigenvalue weighted by Gasteiger charge is 2.41. The van der Waals surface area contributed by atoms with Crippen LogP contribution in [0, 0.1) is 12.7 Å². The number of sulfonamides is 2. The van der Waals surface area contributed by atoms with Crippen LogP contribution in [0.15, 0.2) is 42.5 Å². The van der Waals surface area contributed by atoms with Gasteiger partial charge in [-0.25, -0.2) is 26.0 Å². The summed E-state index contributed by atoms with van der Waals surface area (Å²) in [4.78, 5) is 30.1. The van der Waals surface area contributed by atoms with Crippen molar-refractivity contribution in [3.8, 4) is 0 Å². The van der Waals surface area contributed by atoms with Crippen molar-refractivity contribution in [2.45, 2.75) is 38.4 Å². The number of hydrogen-bond acceptors (Lipinski definition) is 7. The summed E-state index contributed by atoms with van der Waals surface area (Å²) in [6.45, 7) is 3.74. The molecule has 2 aromatic carbocycles. The van der Waals surface area contributed by atoms with Crippen LogP contribution in [-0.2, 0) is 31.4 Å². The molecule has 0 saturated carbocycles. The van der Waals surface area contributed by atoms with Crippen molar-refractivity contribution < 1.29 is 30.8 Å². The third-order valence-electron chi connectivity index (χ3n) is 6.88. The van der Waals surface area contributed by atoms with E-state index in [1.165, 1.54) is 30.4 Å². The van der Waals surface area contributed by atoms with Crippen LogP contribution in [0.2, 0.25) is 5.02 Å². The van der Waals surface area contributed by atoms with Crippen LogP contribution in [0.25, 0.3) is 6.08 Å². The molecular weight excluding hydrogens is 583 g/mol. The number of halogens is 2. The molecule has 0 aromatic heterocycles. The number of fused-ring (bicyclic) bond motifs is 2. The first-order chi connectivity index (χ1) is 18.6. The number of nitrogens with one attached hydrogen (secondary N) is 1. The Morgan fingerprint density at radius 2 is 1.62 bits per heavy atom. The van der Waals surface area contributed by atoms with Crippen LogP contribution in [0.3, 0.4) is 0 Å². The van der Waals surface area contributed by atoms with Gasteiger partial charge in [-0.2, -0.15) is 0 Å². The van der Waals surface area contributed by atoms with Crippen molar-refractivity contribution >= 4 is 55.3 Å². The van der Waals surface area contributed by atoms with E-state index in [-0.39, 0.29) is 38.2 Å². The molecule has 14 heteroatoms. The Morgan fingerprint density at radius 3 is 2.17 bits per heavy atom. The van der Waals surface area contributed by atoms with Gasteiger partial charge >= 0.3 is 6.03 Å². The summed E-state index contributed by atoms with van der Waals surface area (Å²) in [7, 11) is -8.89. The Kier molecular flexibility index (Phi) is 8.60. The fourth-order valence-electron chi connectivity index (χ4n) is 5.23. The molecule has 0 spiro atoms. The standard InChI is InChI=1S/C26H30ClFN4O6S2/c1-17-12-19(24(13-23(17)27)29-26(34)32(39(2,35)36)40(3,37)38)6-11-25(33)31-21-9-10-22(31)16-30(15-21)14-18-4-7-20(28)8-5-18/h4-8,11-13,21-22H,9-10,14-16H2,1-3H3,(H,29,34)/b11-6+. The van der Waals surface area contributed by atoms with Crippen molar-refractivity contribution in [3.63, 3.8) is 0 Å². The molecule has 2 fully saturated rings. The number of aryl methyl sites for hydroxylation is 1. The van der Waals surface area contributed by atoms with Crippen molar-refractivity contribution in [2.24, 2.45) is 0 Å². The smallest absolute Gasteiger partial charge is 0.331 e. The lowest BCUT2D eigenvalue weighted by atomic mass is 10.1. The second kappa shape index (κ2) is 11.5. The summed E-state index contributed by atoms with van der Waals surface area (Å²) in [5.41, 5.74) is 2.00. The molecule has 3 amide bonds. The molecule has 40 heavy (non-hydrogen) atoms. The van der Waals surface area contributed by atoms with Crippen molar-refractivity contribution in [1.82, 2.24) is 13.5 Å². The SMILES string of the molecule is Cc1cc(/C=C/C(=O)N2C3CCC2CN(Cc2ccc(F)cc2)C3)c(NC(=O)N(S(C)(=O)=O)S(C)(=O)=O)cc1Cl. The maximum Gasteiger partial charge on any atom is 0.349 e. The average molecular weight is 613 g/mol. The molecule has 2 aromatic rings. The van der Waals surface area contributed by atoms with Gasteiger partial charge in [0.15, 0.2) is 0 Å². The number of urea groups is 1. The van der Waals surface area contributed by atoms with Gasteiger partial charge in [0.05, 0.1) is 18.2 Å². The number of likely N-dealkylation sites (tertiary alicyclic amines) is 1. The highest BCUT2D eigenvalue weighted by atomic mass is 35.5. The van der Waals surface area contributed by atoms with E-state index < -0.39 is 26.1 Å². The van der Waals surface area contributed by atoms with E-state index in [4.69, 9.17) is 11.6 Å². The predicted molar refractivity (Wildman–Crippen MR) is 151 cm³/mol. The molecule has 2 aliphatic heterocycles. The zero-order valence-corrected chi connectivity index (χ0v) is 24.6. The zero-order chi connectivity index (χ0) is 29.4. The van der Waals surface area contributed by atoms with Crippen molar-refractivity contribution in [2.75, 3.05) is 30.9 Å². The lowest BCUT2D eigenvalue weighted by molar-refractivity contribution is -0.131. The van der Waals surface area contributed by atoms with E-state index in [2.05, 4.69) is 10.2 Å². The number of rotatable bonds is 7. The number of benzene rings is 2. The van der Waals surface area contributed by atoms with Gasteiger partial charge in [-0.1, -0.05) is 23.7 Å². The average Bonchev–Trinajstić information content (AvgIpc) is 3.10. The number of carbonyl (C=O) groups is 2. The number of nitrogens with zero attached hydrogens (tertiary/aromatic N) is 3.